The van der Waals surface area contributed by atoms with Crippen LogP contribution in [0, 0.1) is 0 Å². The number of fused-ring (bicyclic) bond motifs is 1. The summed E-state index contributed by atoms with van der Waals surface area (Å²) >= 11 is 0. The van der Waals surface area contributed by atoms with E-state index in [9.17, 15) is 4.79 Å². The van der Waals surface area contributed by atoms with Crippen LogP contribution in [0.3, 0.4) is 0 Å². The first-order valence-corrected chi connectivity index (χ1v) is 3.88. The molecule has 0 saturated carbocycles. The fraction of sp³-hybridized carbons (Fsp3) is 0.444. The number of ketones is 1. The Labute approximate surface area is 65.5 Å². The summed E-state index contributed by atoms with van der Waals surface area (Å²) in [5, 5.41) is 0. The van der Waals surface area contributed by atoms with Crippen LogP contribution in [-0.2, 0) is 9.53 Å². The Morgan fingerprint density at radius 2 is 2.45 bits per heavy atom. The first-order chi connectivity index (χ1) is 5.36. The van der Waals surface area contributed by atoms with Crippen molar-refractivity contribution in [1.82, 2.24) is 0 Å². The maximum Gasteiger partial charge on any atom is 0.159 e. The predicted molar refractivity (Wildman–Crippen MR) is 41.2 cm³/mol. The lowest BCUT2D eigenvalue weighted by atomic mass is 9.95. The van der Waals surface area contributed by atoms with Gasteiger partial charge in [-0.1, -0.05) is 6.08 Å². The van der Waals surface area contributed by atoms with Crippen molar-refractivity contribution in [2.24, 2.45) is 0 Å². The monoisotopic (exact) mass is 150 g/mol. The average Bonchev–Trinajstić information content (AvgIpc) is 2.04. The van der Waals surface area contributed by atoms with Gasteiger partial charge in [-0.25, -0.2) is 0 Å². The highest BCUT2D eigenvalue weighted by Gasteiger charge is 2.20. The molecular weight excluding hydrogens is 140 g/mol. The molecule has 0 aromatic rings. The Balaban J connectivity index is 2.25. The quantitative estimate of drug-likeness (QED) is 0.485. The van der Waals surface area contributed by atoms with Crippen LogP contribution in [0.4, 0.5) is 0 Å². The van der Waals surface area contributed by atoms with Gasteiger partial charge in [0.15, 0.2) is 5.78 Å². The van der Waals surface area contributed by atoms with Crippen LogP contribution in [-0.4, -0.2) is 18.5 Å². The van der Waals surface area contributed by atoms with Crippen molar-refractivity contribution in [3.8, 4) is 0 Å². The summed E-state index contributed by atoms with van der Waals surface area (Å²) in [5.74, 6) is 0.193. The van der Waals surface area contributed by atoms with Gasteiger partial charge < -0.3 is 4.74 Å². The first kappa shape index (κ1) is 6.80. The summed E-state index contributed by atoms with van der Waals surface area (Å²) in [6.45, 7) is 0.784. The van der Waals surface area contributed by atoms with Crippen LogP contribution in [0.25, 0.3) is 0 Å². The lowest BCUT2D eigenvalue weighted by molar-refractivity contribution is -0.114. The van der Waals surface area contributed by atoms with E-state index in [0.29, 0.717) is 6.42 Å². The van der Waals surface area contributed by atoms with Crippen molar-refractivity contribution in [1.29, 1.82) is 0 Å². The number of hydrogen-bond donors (Lipinski definition) is 0. The topological polar surface area (TPSA) is 26.3 Å². The van der Waals surface area contributed by atoms with E-state index in [2.05, 4.69) is 6.08 Å². The Morgan fingerprint density at radius 1 is 1.55 bits per heavy atom. The average molecular weight is 150 g/mol. The van der Waals surface area contributed by atoms with Gasteiger partial charge in [-0.15, -0.1) is 0 Å². The van der Waals surface area contributed by atoms with Crippen molar-refractivity contribution in [2.45, 2.75) is 18.9 Å². The van der Waals surface area contributed by atoms with E-state index in [1.54, 1.807) is 6.08 Å². The standard InChI is InChI=1S/C9H10O2/c10-8-3-4-9-7(6-8)2-1-5-11-9/h2-4,9H,1,5-6H2. The minimum Gasteiger partial charge on any atom is -0.369 e. The van der Waals surface area contributed by atoms with Crippen molar-refractivity contribution in [3.05, 3.63) is 23.8 Å². The summed E-state index contributed by atoms with van der Waals surface area (Å²) < 4.78 is 5.42. The van der Waals surface area contributed by atoms with E-state index in [1.165, 1.54) is 0 Å². The van der Waals surface area contributed by atoms with Crippen molar-refractivity contribution in [3.63, 3.8) is 0 Å². The van der Waals surface area contributed by atoms with Crippen LogP contribution >= 0.6 is 0 Å². The second-order valence-corrected chi connectivity index (χ2v) is 2.86. The SMILES string of the molecule is O=C1C=CC2OCCC=C2C1. The zero-order chi connectivity index (χ0) is 7.68. The zero-order valence-electron chi connectivity index (χ0n) is 6.25. The van der Waals surface area contributed by atoms with E-state index in [4.69, 9.17) is 4.74 Å². The van der Waals surface area contributed by atoms with Gasteiger partial charge in [0.05, 0.1) is 12.7 Å². The Hall–Kier alpha value is -0.890. The number of carbonyl (C=O) groups excluding carboxylic acids is 1. The number of ether oxygens (including phenoxy) is 1. The maximum absolute atomic E-state index is 10.9. The van der Waals surface area contributed by atoms with Crippen LogP contribution < -0.4 is 0 Å². The molecule has 11 heavy (non-hydrogen) atoms. The highest BCUT2D eigenvalue weighted by atomic mass is 16.5. The molecule has 0 fully saturated rings. The fourth-order valence-electron chi connectivity index (χ4n) is 1.47. The molecule has 0 aromatic heterocycles. The Kier molecular flexibility index (Phi) is 1.62. The molecule has 0 aromatic carbocycles. The summed E-state index contributed by atoms with van der Waals surface area (Å²) in [5.41, 5.74) is 1.14. The third kappa shape index (κ3) is 1.26. The highest BCUT2D eigenvalue weighted by molar-refractivity contribution is 5.93. The zero-order valence-corrected chi connectivity index (χ0v) is 6.25. The Bertz CT molecular complexity index is 238. The van der Waals surface area contributed by atoms with Crippen LogP contribution in [0.15, 0.2) is 23.8 Å². The van der Waals surface area contributed by atoms with Crippen LogP contribution in [0.1, 0.15) is 12.8 Å². The van der Waals surface area contributed by atoms with Crippen molar-refractivity contribution < 1.29 is 9.53 Å². The molecule has 0 saturated heterocycles. The summed E-state index contributed by atoms with van der Waals surface area (Å²) in [6.07, 6.45) is 7.19. The lowest BCUT2D eigenvalue weighted by Gasteiger charge is -2.24. The molecule has 58 valence electrons. The molecule has 2 heteroatoms. The smallest absolute Gasteiger partial charge is 0.159 e. The molecule has 1 unspecified atom stereocenters. The molecule has 2 rings (SSSR count). The molecule has 2 aliphatic rings. The van der Waals surface area contributed by atoms with E-state index >= 15 is 0 Å². The third-order valence-electron chi connectivity index (χ3n) is 2.02. The molecule has 1 atom stereocenters. The fourth-order valence-corrected chi connectivity index (χ4v) is 1.47. The van der Waals surface area contributed by atoms with Gasteiger partial charge in [0, 0.05) is 6.42 Å². The van der Waals surface area contributed by atoms with E-state index < -0.39 is 0 Å². The summed E-state index contributed by atoms with van der Waals surface area (Å²) in [6, 6.07) is 0. The second-order valence-electron chi connectivity index (χ2n) is 2.86. The van der Waals surface area contributed by atoms with Gasteiger partial charge in [0.1, 0.15) is 0 Å². The number of rotatable bonds is 0. The van der Waals surface area contributed by atoms with Crippen LogP contribution in [0.5, 0.6) is 0 Å². The highest BCUT2D eigenvalue weighted by Crippen LogP contribution is 2.22. The number of hydrogen-bond acceptors (Lipinski definition) is 2. The molecule has 1 heterocycles. The third-order valence-corrected chi connectivity index (χ3v) is 2.02. The number of carbonyl (C=O) groups is 1. The number of allylic oxidation sites excluding steroid dienone is 1. The van der Waals surface area contributed by atoms with E-state index in [0.717, 1.165) is 18.6 Å². The molecule has 2 nitrogen and oxygen atoms in total. The van der Waals surface area contributed by atoms with Gasteiger partial charge >= 0.3 is 0 Å². The Morgan fingerprint density at radius 3 is 3.36 bits per heavy atom. The maximum atomic E-state index is 10.9. The molecule has 0 spiro atoms. The van der Waals surface area contributed by atoms with Crippen molar-refractivity contribution in [2.75, 3.05) is 6.61 Å². The molecule has 0 bridgehead atoms. The molecular formula is C9H10O2. The van der Waals surface area contributed by atoms with Crippen LogP contribution in [0.2, 0.25) is 0 Å². The molecule has 0 N–H and O–H groups in total. The molecule has 0 amide bonds. The second kappa shape index (κ2) is 2.62. The van der Waals surface area contributed by atoms with E-state index in [1.807, 2.05) is 6.08 Å². The molecule has 1 aliphatic carbocycles. The van der Waals surface area contributed by atoms with Gasteiger partial charge in [0.2, 0.25) is 0 Å². The lowest BCUT2D eigenvalue weighted by Crippen LogP contribution is -2.23. The molecule has 1 aliphatic heterocycles. The minimum absolute atomic E-state index is 0.0986. The largest absolute Gasteiger partial charge is 0.369 e. The van der Waals surface area contributed by atoms with Gasteiger partial charge in [0.25, 0.3) is 0 Å². The van der Waals surface area contributed by atoms with Crippen molar-refractivity contribution >= 4 is 5.78 Å². The van der Waals surface area contributed by atoms with Gasteiger partial charge in [-0.2, -0.15) is 0 Å². The normalized spacial score (nSPS) is 29.6. The van der Waals surface area contributed by atoms with Gasteiger partial charge in [-0.05, 0) is 24.1 Å². The van der Waals surface area contributed by atoms with E-state index in [-0.39, 0.29) is 11.9 Å². The first-order valence-electron chi connectivity index (χ1n) is 3.88. The summed E-state index contributed by atoms with van der Waals surface area (Å²) in [4.78, 5) is 10.9. The minimum atomic E-state index is 0.0986. The van der Waals surface area contributed by atoms with Gasteiger partial charge in [-0.3, -0.25) is 4.79 Å². The summed E-state index contributed by atoms with van der Waals surface area (Å²) in [7, 11) is 0. The molecule has 0 radical (unpaired) electrons. The predicted octanol–water partition coefficient (Wildman–Crippen LogP) is 1.23.